The lowest BCUT2D eigenvalue weighted by Crippen LogP contribution is -2.09. The van der Waals surface area contributed by atoms with Crippen LogP contribution in [0.4, 0.5) is 0 Å². The Morgan fingerprint density at radius 1 is 1.42 bits per heavy atom. The molecule has 1 aliphatic rings. The van der Waals surface area contributed by atoms with Crippen LogP contribution < -0.4 is 0 Å². The van der Waals surface area contributed by atoms with Crippen LogP contribution in [-0.2, 0) is 0 Å². The van der Waals surface area contributed by atoms with E-state index in [9.17, 15) is 0 Å². The molecule has 0 aliphatic heterocycles. The Kier molecular flexibility index (Phi) is 4.37. The fourth-order valence-electron chi connectivity index (χ4n) is 2.03. The number of allylic oxidation sites excluding steroid dienone is 2. The second-order valence-corrected chi connectivity index (χ2v) is 3.74. The Morgan fingerprint density at radius 2 is 2.25 bits per heavy atom. The summed E-state index contributed by atoms with van der Waals surface area (Å²) in [5.41, 5.74) is 0. The maximum Gasteiger partial charge on any atom is 0.0433 e. The van der Waals surface area contributed by atoms with Crippen LogP contribution in [0.5, 0.6) is 0 Å². The summed E-state index contributed by atoms with van der Waals surface area (Å²) < 4.78 is 0. The minimum absolute atomic E-state index is 0.356. The van der Waals surface area contributed by atoms with E-state index in [4.69, 9.17) is 5.11 Å². The molecule has 1 rings (SSSR count). The zero-order valence-corrected chi connectivity index (χ0v) is 8.00. The molecule has 0 heterocycles. The predicted molar refractivity (Wildman–Crippen MR) is 52.0 cm³/mol. The van der Waals surface area contributed by atoms with Crippen molar-refractivity contribution in [2.75, 3.05) is 6.61 Å². The van der Waals surface area contributed by atoms with Crippen molar-refractivity contribution in [2.45, 2.75) is 39.0 Å². The molecule has 1 nitrogen and oxygen atoms in total. The van der Waals surface area contributed by atoms with E-state index < -0.39 is 0 Å². The molecule has 12 heavy (non-hydrogen) atoms. The summed E-state index contributed by atoms with van der Waals surface area (Å²) in [4.78, 5) is 0. The Labute approximate surface area is 75.5 Å². The largest absolute Gasteiger partial charge is 0.396 e. The topological polar surface area (TPSA) is 20.2 Å². The van der Waals surface area contributed by atoms with Crippen LogP contribution in [-0.4, -0.2) is 11.7 Å². The number of aliphatic hydroxyl groups is 1. The van der Waals surface area contributed by atoms with Crippen LogP contribution in [0.3, 0.4) is 0 Å². The van der Waals surface area contributed by atoms with Crippen LogP contribution in [0.1, 0.15) is 39.0 Å². The third-order valence-electron chi connectivity index (χ3n) is 2.82. The second-order valence-electron chi connectivity index (χ2n) is 3.74. The van der Waals surface area contributed by atoms with E-state index in [0.717, 1.165) is 18.3 Å². The van der Waals surface area contributed by atoms with Gasteiger partial charge in [0.1, 0.15) is 0 Å². The average molecular weight is 168 g/mol. The quantitative estimate of drug-likeness (QED) is 0.626. The second kappa shape index (κ2) is 5.36. The van der Waals surface area contributed by atoms with Crippen molar-refractivity contribution < 1.29 is 5.11 Å². The molecule has 0 bridgehead atoms. The van der Waals surface area contributed by atoms with Crippen molar-refractivity contribution in [1.82, 2.24) is 0 Å². The predicted octanol–water partition coefficient (Wildman–Crippen LogP) is 2.75. The Morgan fingerprint density at radius 3 is 2.92 bits per heavy atom. The van der Waals surface area contributed by atoms with Gasteiger partial charge in [0, 0.05) is 6.61 Å². The molecule has 1 heteroatoms. The number of unbranched alkanes of at least 4 members (excludes halogenated alkanes) is 1. The van der Waals surface area contributed by atoms with Gasteiger partial charge in [-0.15, -0.1) is 0 Å². The van der Waals surface area contributed by atoms with Gasteiger partial charge in [0.15, 0.2) is 0 Å². The van der Waals surface area contributed by atoms with Gasteiger partial charge in [0.25, 0.3) is 0 Å². The number of aliphatic hydroxyl groups excluding tert-OH is 1. The Hall–Kier alpha value is -0.300. The van der Waals surface area contributed by atoms with E-state index in [-0.39, 0.29) is 0 Å². The van der Waals surface area contributed by atoms with Gasteiger partial charge in [-0.1, -0.05) is 31.9 Å². The van der Waals surface area contributed by atoms with Crippen molar-refractivity contribution in [3.05, 3.63) is 12.2 Å². The smallest absolute Gasteiger partial charge is 0.0433 e. The molecule has 0 amide bonds. The third kappa shape index (κ3) is 2.63. The molecule has 0 saturated carbocycles. The summed E-state index contributed by atoms with van der Waals surface area (Å²) in [6.07, 6.45) is 10.7. The van der Waals surface area contributed by atoms with Gasteiger partial charge in [-0.05, 0) is 31.1 Å². The summed E-state index contributed by atoms with van der Waals surface area (Å²) >= 11 is 0. The van der Waals surface area contributed by atoms with E-state index in [2.05, 4.69) is 19.1 Å². The normalized spacial score (nSPS) is 28.2. The first-order chi connectivity index (χ1) is 5.88. The highest BCUT2D eigenvalue weighted by atomic mass is 16.3. The molecule has 0 spiro atoms. The van der Waals surface area contributed by atoms with Crippen LogP contribution in [0.2, 0.25) is 0 Å². The van der Waals surface area contributed by atoms with Crippen molar-refractivity contribution in [2.24, 2.45) is 11.8 Å². The SMILES string of the molecule is CCCC[C@H]1C=CC[C@H]1CCO. The van der Waals surface area contributed by atoms with Gasteiger partial charge >= 0.3 is 0 Å². The maximum absolute atomic E-state index is 8.84. The molecular formula is C11H20O. The number of hydrogen-bond acceptors (Lipinski definition) is 1. The summed E-state index contributed by atoms with van der Waals surface area (Å²) in [5, 5.41) is 8.84. The van der Waals surface area contributed by atoms with Gasteiger partial charge < -0.3 is 5.11 Å². The van der Waals surface area contributed by atoms with Crippen LogP contribution in [0.15, 0.2) is 12.2 Å². The van der Waals surface area contributed by atoms with Crippen molar-refractivity contribution >= 4 is 0 Å². The van der Waals surface area contributed by atoms with E-state index >= 15 is 0 Å². The minimum Gasteiger partial charge on any atom is -0.396 e. The van der Waals surface area contributed by atoms with Gasteiger partial charge in [-0.25, -0.2) is 0 Å². The molecule has 1 aliphatic carbocycles. The van der Waals surface area contributed by atoms with Gasteiger partial charge in [0.2, 0.25) is 0 Å². The van der Waals surface area contributed by atoms with Crippen molar-refractivity contribution in [3.8, 4) is 0 Å². The highest BCUT2D eigenvalue weighted by Gasteiger charge is 2.20. The Balaban J connectivity index is 2.24. The highest BCUT2D eigenvalue weighted by Crippen LogP contribution is 2.31. The standard InChI is InChI=1S/C11H20O/c1-2-3-5-10-6-4-7-11(10)8-9-12/h4,6,10-12H,2-3,5,7-9H2,1H3/t10-,11-/m0/s1. The van der Waals surface area contributed by atoms with Crippen LogP contribution in [0, 0.1) is 11.8 Å². The lowest BCUT2D eigenvalue weighted by Gasteiger charge is -2.17. The van der Waals surface area contributed by atoms with Crippen LogP contribution in [0.25, 0.3) is 0 Å². The van der Waals surface area contributed by atoms with Crippen molar-refractivity contribution in [1.29, 1.82) is 0 Å². The van der Waals surface area contributed by atoms with Crippen molar-refractivity contribution in [3.63, 3.8) is 0 Å². The Bertz CT molecular complexity index is 140. The summed E-state index contributed by atoms with van der Waals surface area (Å²) in [6.45, 7) is 2.59. The summed E-state index contributed by atoms with van der Waals surface area (Å²) in [7, 11) is 0. The molecule has 2 atom stereocenters. The first-order valence-corrected chi connectivity index (χ1v) is 5.16. The van der Waals surface area contributed by atoms with Gasteiger partial charge in [-0.3, -0.25) is 0 Å². The third-order valence-corrected chi connectivity index (χ3v) is 2.82. The van der Waals surface area contributed by atoms with E-state index in [1.54, 1.807) is 0 Å². The molecule has 0 unspecified atom stereocenters. The average Bonchev–Trinajstić information content (AvgIpc) is 2.50. The van der Waals surface area contributed by atoms with Crippen LogP contribution >= 0.6 is 0 Å². The fraction of sp³-hybridized carbons (Fsp3) is 0.818. The van der Waals surface area contributed by atoms with E-state index in [1.807, 2.05) is 0 Å². The summed E-state index contributed by atoms with van der Waals surface area (Å²) in [6, 6.07) is 0. The molecule has 0 aromatic rings. The zero-order valence-electron chi connectivity index (χ0n) is 8.00. The molecule has 70 valence electrons. The van der Waals surface area contributed by atoms with E-state index in [1.165, 1.54) is 25.7 Å². The summed E-state index contributed by atoms with van der Waals surface area (Å²) in [5.74, 6) is 1.50. The number of rotatable bonds is 5. The molecule has 0 saturated heterocycles. The lowest BCUT2D eigenvalue weighted by molar-refractivity contribution is 0.236. The molecule has 1 N–H and O–H groups in total. The van der Waals surface area contributed by atoms with E-state index in [0.29, 0.717) is 6.61 Å². The lowest BCUT2D eigenvalue weighted by atomic mass is 9.89. The number of hydrogen-bond donors (Lipinski definition) is 1. The zero-order chi connectivity index (χ0) is 8.81. The molecule has 0 radical (unpaired) electrons. The molecule has 0 aromatic carbocycles. The highest BCUT2D eigenvalue weighted by molar-refractivity contribution is 5.00. The molecule has 0 fully saturated rings. The van der Waals surface area contributed by atoms with Gasteiger partial charge in [-0.2, -0.15) is 0 Å². The minimum atomic E-state index is 0.356. The van der Waals surface area contributed by atoms with Gasteiger partial charge in [0.05, 0.1) is 0 Å². The molecule has 0 aromatic heterocycles. The first-order valence-electron chi connectivity index (χ1n) is 5.16. The fourth-order valence-corrected chi connectivity index (χ4v) is 2.03. The maximum atomic E-state index is 8.84. The molecular weight excluding hydrogens is 148 g/mol. The monoisotopic (exact) mass is 168 g/mol. The first kappa shape index (κ1) is 9.79.